The highest BCUT2D eigenvalue weighted by molar-refractivity contribution is 6.21. The molecule has 0 radical (unpaired) electrons. The maximum absolute atomic E-state index is 12.5. The minimum Gasteiger partial charge on any atom is -0.450 e. The van der Waals surface area contributed by atoms with Crippen LogP contribution in [0.15, 0.2) is 24.3 Å². The van der Waals surface area contributed by atoms with Gasteiger partial charge in [-0.2, -0.15) is 0 Å². The average molecular weight is 330 g/mol. The van der Waals surface area contributed by atoms with E-state index < -0.39 is 23.9 Å². The number of hydrogen-bond acceptors (Lipinski definition) is 5. The van der Waals surface area contributed by atoms with Gasteiger partial charge in [-0.1, -0.05) is 12.1 Å². The molecular weight excluding hydrogens is 312 g/mol. The summed E-state index contributed by atoms with van der Waals surface area (Å²) in [6.07, 6.45) is -0.143. The largest absolute Gasteiger partial charge is 0.450 e. The normalized spacial score (nSPS) is 20.4. The van der Waals surface area contributed by atoms with Gasteiger partial charge in [0.15, 0.2) is 0 Å². The van der Waals surface area contributed by atoms with Crippen molar-refractivity contribution in [3.63, 3.8) is 0 Å². The summed E-state index contributed by atoms with van der Waals surface area (Å²) < 4.78 is 5.01. The third-order valence-electron chi connectivity index (χ3n) is 4.31. The van der Waals surface area contributed by atoms with Gasteiger partial charge in [0.1, 0.15) is 5.78 Å². The molecule has 1 saturated heterocycles. The first-order valence-corrected chi connectivity index (χ1v) is 7.93. The Hall–Kier alpha value is -2.70. The van der Waals surface area contributed by atoms with Crippen LogP contribution in [-0.4, -0.2) is 59.2 Å². The Morgan fingerprint density at radius 2 is 1.79 bits per heavy atom. The number of carbonyl (C=O) groups is 4. The van der Waals surface area contributed by atoms with E-state index in [0.29, 0.717) is 11.1 Å². The van der Waals surface area contributed by atoms with Crippen LogP contribution in [0.4, 0.5) is 4.79 Å². The van der Waals surface area contributed by atoms with Gasteiger partial charge in [-0.3, -0.25) is 19.3 Å². The first-order valence-electron chi connectivity index (χ1n) is 7.93. The second-order valence-corrected chi connectivity index (χ2v) is 5.81. The van der Waals surface area contributed by atoms with E-state index in [-0.39, 0.29) is 38.3 Å². The lowest BCUT2D eigenvalue weighted by atomic mass is 10.0. The predicted octanol–water partition coefficient (Wildman–Crippen LogP) is 1.47. The molecule has 7 nitrogen and oxygen atoms in total. The number of ether oxygens (including phenoxy) is 1. The van der Waals surface area contributed by atoms with Crippen molar-refractivity contribution in [3.05, 3.63) is 35.4 Å². The van der Waals surface area contributed by atoms with Crippen molar-refractivity contribution in [1.29, 1.82) is 0 Å². The van der Waals surface area contributed by atoms with Crippen LogP contribution in [0.5, 0.6) is 0 Å². The van der Waals surface area contributed by atoms with E-state index >= 15 is 0 Å². The van der Waals surface area contributed by atoms with E-state index in [1.54, 1.807) is 31.2 Å². The molecule has 2 aliphatic heterocycles. The lowest BCUT2D eigenvalue weighted by molar-refractivity contribution is -0.122. The van der Waals surface area contributed by atoms with Crippen LogP contribution in [0.25, 0.3) is 0 Å². The fourth-order valence-corrected chi connectivity index (χ4v) is 3.13. The molecule has 3 amide bonds. The van der Waals surface area contributed by atoms with E-state index in [1.807, 2.05) is 0 Å². The number of rotatable bonds is 3. The molecule has 24 heavy (non-hydrogen) atoms. The molecule has 1 unspecified atom stereocenters. The van der Waals surface area contributed by atoms with Gasteiger partial charge in [0, 0.05) is 19.4 Å². The van der Waals surface area contributed by atoms with Gasteiger partial charge in [-0.25, -0.2) is 4.79 Å². The summed E-state index contributed by atoms with van der Waals surface area (Å²) in [7, 11) is 0. The molecule has 1 aromatic rings. The predicted molar refractivity (Wildman–Crippen MR) is 83.6 cm³/mol. The fourth-order valence-electron chi connectivity index (χ4n) is 3.13. The van der Waals surface area contributed by atoms with Crippen molar-refractivity contribution in [2.24, 2.45) is 0 Å². The molecule has 0 saturated carbocycles. The van der Waals surface area contributed by atoms with Gasteiger partial charge in [0.25, 0.3) is 11.8 Å². The minimum atomic E-state index is -0.549. The molecule has 3 rings (SSSR count). The highest BCUT2D eigenvalue weighted by atomic mass is 16.6. The van der Waals surface area contributed by atoms with Gasteiger partial charge in [-0.15, -0.1) is 0 Å². The van der Waals surface area contributed by atoms with Crippen molar-refractivity contribution >= 4 is 23.7 Å². The van der Waals surface area contributed by atoms with E-state index in [4.69, 9.17) is 4.74 Å². The van der Waals surface area contributed by atoms with E-state index in [9.17, 15) is 19.2 Å². The third kappa shape index (κ3) is 2.77. The summed E-state index contributed by atoms with van der Waals surface area (Å²) in [5.41, 5.74) is 0.708. The highest BCUT2D eigenvalue weighted by Gasteiger charge is 2.40. The maximum atomic E-state index is 12.5. The van der Waals surface area contributed by atoms with Gasteiger partial charge >= 0.3 is 6.09 Å². The Morgan fingerprint density at radius 3 is 2.38 bits per heavy atom. The number of fused-ring (bicyclic) bond motifs is 1. The number of amides is 3. The summed E-state index contributed by atoms with van der Waals surface area (Å²) in [4.78, 5) is 51.3. The van der Waals surface area contributed by atoms with Crippen molar-refractivity contribution in [2.45, 2.75) is 25.8 Å². The number of benzene rings is 1. The average Bonchev–Trinajstić information content (AvgIpc) is 2.81. The summed E-state index contributed by atoms with van der Waals surface area (Å²) in [5, 5.41) is 0. The molecule has 0 spiro atoms. The topological polar surface area (TPSA) is 84.0 Å². The molecule has 1 aromatic carbocycles. The fraction of sp³-hybridized carbons (Fsp3) is 0.412. The van der Waals surface area contributed by atoms with Crippen molar-refractivity contribution in [2.75, 3.05) is 19.7 Å². The van der Waals surface area contributed by atoms with Crippen LogP contribution in [0.2, 0.25) is 0 Å². The molecule has 1 fully saturated rings. The number of carbonyl (C=O) groups excluding carboxylic acids is 4. The number of hydrogen-bond donors (Lipinski definition) is 0. The zero-order chi connectivity index (χ0) is 17.3. The monoisotopic (exact) mass is 330 g/mol. The first kappa shape index (κ1) is 16.2. The van der Waals surface area contributed by atoms with Gasteiger partial charge in [-0.05, 0) is 19.1 Å². The number of ketones is 1. The van der Waals surface area contributed by atoms with Crippen LogP contribution in [-0.2, 0) is 9.53 Å². The number of likely N-dealkylation sites (tertiary alicyclic amines) is 1. The minimum absolute atomic E-state index is 0.00307. The lowest BCUT2D eigenvalue weighted by Gasteiger charge is -2.35. The lowest BCUT2D eigenvalue weighted by Crippen LogP contribution is -2.52. The SMILES string of the molecule is CCOC(=O)N1CCC(=O)CC1CN1C(=O)c2ccccc2C1=O. The molecule has 0 bridgehead atoms. The van der Waals surface area contributed by atoms with E-state index in [2.05, 4.69) is 0 Å². The van der Waals surface area contributed by atoms with Gasteiger partial charge in [0.05, 0.1) is 30.3 Å². The van der Waals surface area contributed by atoms with Crippen LogP contribution in [0, 0.1) is 0 Å². The Labute approximate surface area is 139 Å². The number of imide groups is 1. The van der Waals surface area contributed by atoms with E-state index in [0.717, 1.165) is 4.90 Å². The van der Waals surface area contributed by atoms with Gasteiger partial charge < -0.3 is 9.64 Å². The summed E-state index contributed by atoms with van der Waals surface area (Å²) in [5.74, 6) is -0.771. The molecule has 1 atom stereocenters. The summed E-state index contributed by atoms with van der Waals surface area (Å²) >= 11 is 0. The third-order valence-corrected chi connectivity index (χ3v) is 4.31. The highest BCUT2D eigenvalue weighted by Crippen LogP contribution is 2.25. The smallest absolute Gasteiger partial charge is 0.410 e. The van der Waals surface area contributed by atoms with E-state index in [1.165, 1.54) is 4.90 Å². The first-order chi connectivity index (χ1) is 11.5. The number of piperidine rings is 1. The molecule has 2 aliphatic rings. The molecule has 126 valence electrons. The van der Waals surface area contributed by atoms with Gasteiger partial charge in [0.2, 0.25) is 0 Å². The molecule has 0 aromatic heterocycles. The van der Waals surface area contributed by atoms with Crippen LogP contribution in [0.1, 0.15) is 40.5 Å². The molecule has 0 N–H and O–H groups in total. The molecule has 0 aliphatic carbocycles. The van der Waals surface area contributed by atoms with Crippen molar-refractivity contribution in [1.82, 2.24) is 9.80 Å². The Balaban J connectivity index is 1.80. The quantitative estimate of drug-likeness (QED) is 0.784. The second-order valence-electron chi connectivity index (χ2n) is 5.81. The van der Waals surface area contributed by atoms with Crippen LogP contribution in [0.3, 0.4) is 0 Å². The Kier molecular flexibility index (Phi) is 4.33. The zero-order valence-corrected chi connectivity index (χ0v) is 13.4. The van der Waals surface area contributed by atoms with Crippen molar-refractivity contribution < 1.29 is 23.9 Å². The summed E-state index contributed by atoms with van der Waals surface area (Å²) in [6.45, 7) is 2.16. The number of nitrogens with zero attached hydrogens (tertiary/aromatic N) is 2. The molecular formula is C17H18N2O5. The van der Waals surface area contributed by atoms with Crippen LogP contribution >= 0.6 is 0 Å². The maximum Gasteiger partial charge on any atom is 0.410 e. The van der Waals surface area contributed by atoms with Crippen LogP contribution < -0.4 is 0 Å². The Morgan fingerprint density at radius 1 is 1.17 bits per heavy atom. The number of Topliss-reactive ketones (excluding diaryl/α,β-unsaturated/α-hetero) is 1. The van der Waals surface area contributed by atoms with Crippen molar-refractivity contribution in [3.8, 4) is 0 Å². The molecule has 7 heteroatoms. The zero-order valence-electron chi connectivity index (χ0n) is 13.4. The Bertz CT molecular complexity index is 680. The summed E-state index contributed by atoms with van der Waals surface area (Å²) in [6, 6.07) is 6.05. The molecule has 2 heterocycles. The standard InChI is InChI=1S/C17H18N2O5/c1-2-24-17(23)18-8-7-12(20)9-11(18)10-19-15(21)13-5-3-4-6-14(13)16(19)22/h3-6,11H,2,7-10H2,1H3. The second kappa shape index (κ2) is 6.43.